The summed E-state index contributed by atoms with van der Waals surface area (Å²) >= 11 is 0. The Morgan fingerprint density at radius 2 is 1.64 bits per heavy atom. The molecule has 0 saturated carbocycles. The third-order valence-corrected chi connectivity index (χ3v) is 3.88. The lowest BCUT2D eigenvalue weighted by Crippen LogP contribution is -2.07. The minimum absolute atomic E-state index is 0.579. The van der Waals surface area contributed by atoms with Gasteiger partial charge in [-0.25, -0.2) is 5.48 Å². The zero-order valence-electron chi connectivity index (χ0n) is 14.6. The first-order valence-corrected chi connectivity index (χ1v) is 8.78. The van der Waals surface area contributed by atoms with Crippen molar-refractivity contribution >= 4 is 0 Å². The van der Waals surface area contributed by atoms with Gasteiger partial charge in [0.15, 0.2) is 0 Å². The van der Waals surface area contributed by atoms with Crippen LogP contribution in [0.1, 0.15) is 69.4 Å². The summed E-state index contributed by atoms with van der Waals surface area (Å²) in [6.45, 7) is 5.75. The van der Waals surface area contributed by atoms with Crippen LogP contribution in [0.4, 0.5) is 0 Å². The number of hydrogen-bond donors (Lipinski definition) is 1. The quantitative estimate of drug-likeness (QED) is 0.403. The van der Waals surface area contributed by atoms with Crippen molar-refractivity contribution in [2.75, 3.05) is 13.7 Å². The molecule has 0 radical (unpaired) electrons. The van der Waals surface area contributed by atoms with Crippen molar-refractivity contribution in [2.24, 2.45) is 0 Å². The molecule has 0 unspecified atom stereocenters. The zero-order valence-corrected chi connectivity index (χ0v) is 14.6. The van der Waals surface area contributed by atoms with Crippen molar-refractivity contribution in [3.8, 4) is 5.75 Å². The number of ether oxygens (including phenoxy) is 1. The van der Waals surface area contributed by atoms with Crippen molar-refractivity contribution in [2.45, 2.75) is 71.8 Å². The molecule has 1 rings (SSSR count). The molecule has 1 aromatic carbocycles. The van der Waals surface area contributed by atoms with Gasteiger partial charge in [-0.15, -0.1) is 0 Å². The molecule has 0 aromatic heterocycles. The highest BCUT2D eigenvalue weighted by molar-refractivity contribution is 5.35. The van der Waals surface area contributed by atoms with Crippen LogP contribution in [-0.4, -0.2) is 13.7 Å². The Balaban J connectivity index is 2.11. The summed E-state index contributed by atoms with van der Waals surface area (Å²) in [5, 5.41) is 0. The maximum Gasteiger partial charge on any atom is 0.122 e. The van der Waals surface area contributed by atoms with Gasteiger partial charge in [-0.2, -0.15) is 0 Å². The van der Waals surface area contributed by atoms with Crippen LogP contribution in [0.5, 0.6) is 5.75 Å². The van der Waals surface area contributed by atoms with Crippen molar-refractivity contribution in [3.63, 3.8) is 0 Å². The predicted octanol–water partition coefficient (Wildman–Crippen LogP) is 5.17. The summed E-state index contributed by atoms with van der Waals surface area (Å²) in [6.07, 6.45) is 10.6. The van der Waals surface area contributed by atoms with E-state index in [2.05, 4.69) is 37.5 Å². The zero-order chi connectivity index (χ0) is 16.0. The van der Waals surface area contributed by atoms with Crippen molar-refractivity contribution < 1.29 is 9.57 Å². The van der Waals surface area contributed by atoms with E-state index in [-0.39, 0.29) is 0 Å². The fraction of sp³-hybridized carbons (Fsp3) is 0.684. The molecule has 0 aliphatic rings. The molecule has 0 fully saturated rings. The third kappa shape index (κ3) is 8.40. The lowest BCUT2D eigenvalue weighted by molar-refractivity contribution is 0.0444. The first-order valence-electron chi connectivity index (χ1n) is 8.78. The topological polar surface area (TPSA) is 30.5 Å². The summed E-state index contributed by atoms with van der Waals surface area (Å²) in [7, 11) is 1.77. The monoisotopic (exact) mass is 307 g/mol. The SMILES string of the molecule is CCCCCCCCCCOc1ccc(CONC)cc1C. The second kappa shape index (κ2) is 12.5. The first kappa shape index (κ1) is 19.0. The van der Waals surface area contributed by atoms with Gasteiger partial charge < -0.3 is 4.74 Å². The number of unbranched alkanes of at least 4 members (excludes halogenated alkanes) is 7. The van der Waals surface area contributed by atoms with Crippen LogP contribution >= 0.6 is 0 Å². The largest absolute Gasteiger partial charge is 0.493 e. The van der Waals surface area contributed by atoms with Gasteiger partial charge in [0.1, 0.15) is 5.75 Å². The van der Waals surface area contributed by atoms with Crippen molar-refractivity contribution in [3.05, 3.63) is 29.3 Å². The lowest BCUT2D eigenvalue weighted by atomic mass is 10.1. The minimum atomic E-state index is 0.579. The Morgan fingerprint density at radius 1 is 0.955 bits per heavy atom. The average molecular weight is 307 g/mol. The van der Waals surface area contributed by atoms with Gasteiger partial charge in [0.25, 0.3) is 0 Å². The second-order valence-electron chi connectivity index (χ2n) is 5.92. The molecule has 3 heteroatoms. The first-order chi connectivity index (χ1) is 10.8. The van der Waals surface area contributed by atoms with Gasteiger partial charge in [-0.05, 0) is 30.5 Å². The Bertz CT molecular complexity index is 393. The second-order valence-corrected chi connectivity index (χ2v) is 5.92. The van der Waals surface area contributed by atoms with E-state index in [1.165, 1.54) is 50.5 Å². The number of nitrogens with one attached hydrogen (secondary N) is 1. The summed E-state index contributed by atoms with van der Waals surface area (Å²) in [5.41, 5.74) is 5.02. The standard InChI is InChI=1S/C19H33NO2/c1-4-5-6-7-8-9-10-11-14-21-19-13-12-18(15-17(19)2)16-22-20-3/h12-13,15,20H,4-11,14,16H2,1-3H3. The molecule has 126 valence electrons. The van der Waals surface area contributed by atoms with Gasteiger partial charge in [-0.3, -0.25) is 4.84 Å². The molecule has 0 amide bonds. The third-order valence-electron chi connectivity index (χ3n) is 3.88. The fourth-order valence-electron chi connectivity index (χ4n) is 2.54. The van der Waals surface area contributed by atoms with Crippen molar-refractivity contribution in [1.29, 1.82) is 0 Å². The van der Waals surface area contributed by atoms with Gasteiger partial charge in [-0.1, -0.05) is 64.0 Å². The Hall–Kier alpha value is -1.06. The number of benzene rings is 1. The van der Waals surface area contributed by atoms with E-state index >= 15 is 0 Å². The van der Waals surface area contributed by atoms with Gasteiger partial charge in [0.2, 0.25) is 0 Å². The maximum absolute atomic E-state index is 5.88. The minimum Gasteiger partial charge on any atom is -0.493 e. The molecule has 0 spiro atoms. The number of hydroxylamine groups is 1. The molecule has 0 aliphatic heterocycles. The molecule has 1 aromatic rings. The molecule has 0 saturated heterocycles. The summed E-state index contributed by atoms with van der Waals surface area (Å²) in [6, 6.07) is 6.24. The number of hydrogen-bond acceptors (Lipinski definition) is 3. The normalized spacial score (nSPS) is 10.9. The molecule has 22 heavy (non-hydrogen) atoms. The molecule has 0 atom stereocenters. The van der Waals surface area contributed by atoms with E-state index in [1.54, 1.807) is 7.05 Å². The highest BCUT2D eigenvalue weighted by atomic mass is 16.6. The lowest BCUT2D eigenvalue weighted by Gasteiger charge is -2.11. The van der Waals surface area contributed by atoms with Crippen LogP contribution in [0.15, 0.2) is 18.2 Å². The fourth-order valence-corrected chi connectivity index (χ4v) is 2.54. The molecular weight excluding hydrogens is 274 g/mol. The Morgan fingerprint density at radius 3 is 2.27 bits per heavy atom. The number of aryl methyl sites for hydroxylation is 1. The van der Waals surface area contributed by atoms with E-state index in [1.807, 2.05) is 0 Å². The smallest absolute Gasteiger partial charge is 0.122 e. The highest BCUT2D eigenvalue weighted by Gasteiger charge is 2.02. The molecule has 1 N–H and O–H groups in total. The average Bonchev–Trinajstić information content (AvgIpc) is 2.53. The van der Waals surface area contributed by atoms with Crippen LogP contribution in [0, 0.1) is 6.92 Å². The summed E-state index contributed by atoms with van der Waals surface area (Å²) in [5.74, 6) is 0.996. The van der Waals surface area contributed by atoms with Gasteiger partial charge in [0, 0.05) is 7.05 Å². The van der Waals surface area contributed by atoms with E-state index in [0.717, 1.165) is 24.3 Å². The van der Waals surface area contributed by atoms with E-state index in [9.17, 15) is 0 Å². The molecule has 3 nitrogen and oxygen atoms in total. The van der Waals surface area contributed by atoms with Crippen LogP contribution in [0.2, 0.25) is 0 Å². The maximum atomic E-state index is 5.88. The van der Waals surface area contributed by atoms with E-state index in [4.69, 9.17) is 9.57 Å². The van der Waals surface area contributed by atoms with Crippen LogP contribution in [-0.2, 0) is 11.4 Å². The van der Waals surface area contributed by atoms with Crippen LogP contribution < -0.4 is 10.2 Å². The van der Waals surface area contributed by atoms with Crippen molar-refractivity contribution in [1.82, 2.24) is 5.48 Å². The predicted molar refractivity (Wildman–Crippen MR) is 93.1 cm³/mol. The van der Waals surface area contributed by atoms with Gasteiger partial charge in [0.05, 0.1) is 13.2 Å². The van der Waals surface area contributed by atoms with Crippen LogP contribution in [0.25, 0.3) is 0 Å². The van der Waals surface area contributed by atoms with E-state index < -0.39 is 0 Å². The van der Waals surface area contributed by atoms with E-state index in [0.29, 0.717) is 6.61 Å². The molecule has 0 bridgehead atoms. The molecular formula is C19H33NO2. The molecule has 0 aliphatic carbocycles. The van der Waals surface area contributed by atoms with Crippen LogP contribution in [0.3, 0.4) is 0 Å². The van der Waals surface area contributed by atoms with Gasteiger partial charge >= 0.3 is 0 Å². The Kier molecular flexibility index (Phi) is 10.8. The Labute approximate surface area is 136 Å². The number of rotatable bonds is 13. The highest BCUT2D eigenvalue weighted by Crippen LogP contribution is 2.20. The summed E-state index contributed by atoms with van der Waals surface area (Å²) in [4.78, 5) is 5.18. The molecule has 0 heterocycles. The summed E-state index contributed by atoms with van der Waals surface area (Å²) < 4.78 is 5.88.